The van der Waals surface area contributed by atoms with Gasteiger partial charge in [-0.3, -0.25) is 4.90 Å². The number of halogens is 3. The molecule has 1 saturated heterocycles. The summed E-state index contributed by atoms with van der Waals surface area (Å²) in [6.45, 7) is 3.89. The van der Waals surface area contributed by atoms with Crippen LogP contribution in [-0.4, -0.2) is 51.6 Å². The minimum atomic E-state index is -4.44. The average molecular weight is 522 g/mol. The molecule has 200 valence electrons. The Morgan fingerprint density at radius 2 is 1.89 bits per heavy atom. The van der Waals surface area contributed by atoms with Crippen LogP contribution in [0, 0.1) is 0 Å². The zero-order chi connectivity index (χ0) is 26.6. The van der Waals surface area contributed by atoms with E-state index in [1.165, 1.54) is 23.2 Å². The summed E-state index contributed by atoms with van der Waals surface area (Å²) in [4.78, 5) is 18.3. The molecule has 0 bridgehead atoms. The van der Waals surface area contributed by atoms with Gasteiger partial charge in [-0.15, -0.1) is 0 Å². The van der Waals surface area contributed by atoms with E-state index < -0.39 is 29.0 Å². The van der Waals surface area contributed by atoms with Gasteiger partial charge in [0.15, 0.2) is 0 Å². The van der Waals surface area contributed by atoms with Crippen LogP contribution in [0.2, 0.25) is 0 Å². The molecule has 3 unspecified atom stereocenters. The minimum absolute atomic E-state index is 0.0599. The summed E-state index contributed by atoms with van der Waals surface area (Å²) < 4.78 is 50.1. The maximum atomic E-state index is 12.9. The van der Waals surface area contributed by atoms with E-state index in [-0.39, 0.29) is 37.8 Å². The number of aliphatic hydroxyl groups is 2. The number of hydrogen-bond donors (Lipinski definition) is 3. The van der Waals surface area contributed by atoms with Crippen LogP contribution in [0.4, 0.5) is 23.8 Å². The zero-order valence-electron chi connectivity index (χ0n) is 20.6. The number of rotatable bonds is 5. The van der Waals surface area contributed by atoms with E-state index in [0.29, 0.717) is 42.0 Å². The first kappa shape index (κ1) is 25.7. The number of alkyl halides is 3. The van der Waals surface area contributed by atoms with Crippen molar-refractivity contribution in [3.8, 4) is 5.75 Å². The van der Waals surface area contributed by atoms with Crippen molar-refractivity contribution < 1.29 is 37.7 Å². The Morgan fingerprint density at radius 3 is 2.54 bits per heavy atom. The van der Waals surface area contributed by atoms with E-state index in [9.17, 15) is 28.2 Å². The van der Waals surface area contributed by atoms with Crippen LogP contribution < -0.4 is 15.0 Å². The zero-order valence-corrected chi connectivity index (χ0v) is 20.6. The highest BCUT2D eigenvalue weighted by atomic mass is 19.4. The van der Waals surface area contributed by atoms with Crippen LogP contribution in [0.15, 0.2) is 36.5 Å². The van der Waals surface area contributed by atoms with Crippen LogP contribution in [0.5, 0.6) is 5.75 Å². The molecule has 37 heavy (non-hydrogen) atoms. The first-order chi connectivity index (χ1) is 17.3. The van der Waals surface area contributed by atoms with Gasteiger partial charge in [0, 0.05) is 23.7 Å². The standard InChI is InChI=1S/C26H30F3N3O5/c1-15-8-25(35,17-3-5-18(6-4-17)26(27,28)29)9-19(31-15)14-36-21-7-16-13-37-23(33)32(22(16)30-12-21)20-10-24(2,34)11-20/h3-7,12,15,19-20,31,34-35H,8-11,13-14H2,1-2H3. The second-order valence-corrected chi connectivity index (χ2v) is 10.7. The van der Waals surface area contributed by atoms with Gasteiger partial charge in [-0.1, -0.05) is 12.1 Å². The summed E-state index contributed by atoms with van der Waals surface area (Å²) in [6.07, 6.45) is -1.91. The molecule has 0 radical (unpaired) electrons. The van der Waals surface area contributed by atoms with Gasteiger partial charge in [-0.25, -0.2) is 9.78 Å². The third kappa shape index (κ3) is 5.25. The smallest absolute Gasteiger partial charge is 0.416 e. The van der Waals surface area contributed by atoms with Gasteiger partial charge in [0.2, 0.25) is 0 Å². The second kappa shape index (κ2) is 9.14. The van der Waals surface area contributed by atoms with E-state index >= 15 is 0 Å². The van der Waals surface area contributed by atoms with Crippen molar-refractivity contribution in [2.24, 2.45) is 0 Å². The Hall–Kier alpha value is -2.89. The molecule has 1 aromatic carbocycles. The average Bonchev–Trinajstić information content (AvgIpc) is 2.80. The molecular weight excluding hydrogens is 491 g/mol. The van der Waals surface area contributed by atoms with Gasteiger partial charge in [-0.05, 0) is 63.3 Å². The maximum absolute atomic E-state index is 12.9. The Labute approximate surface area is 212 Å². The van der Waals surface area contributed by atoms with E-state index in [1.54, 1.807) is 13.0 Å². The Bertz CT molecular complexity index is 1170. The van der Waals surface area contributed by atoms with Crippen molar-refractivity contribution in [3.63, 3.8) is 0 Å². The van der Waals surface area contributed by atoms with Crippen LogP contribution in [0.1, 0.15) is 56.2 Å². The fourth-order valence-electron chi connectivity index (χ4n) is 5.67. The third-order valence-electron chi connectivity index (χ3n) is 7.36. The molecule has 1 amide bonds. The van der Waals surface area contributed by atoms with Gasteiger partial charge in [0.25, 0.3) is 0 Å². The number of carbonyl (C=O) groups excluding carboxylic acids is 1. The number of amides is 1. The fraction of sp³-hybridized carbons (Fsp3) is 0.538. The molecule has 2 aromatic rings. The molecule has 1 aromatic heterocycles. The predicted octanol–water partition coefficient (Wildman–Crippen LogP) is 3.88. The number of hydrogen-bond acceptors (Lipinski definition) is 7. The third-order valence-corrected chi connectivity index (χ3v) is 7.36. The fourth-order valence-corrected chi connectivity index (χ4v) is 5.67. The monoisotopic (exact) mass is 521 g/mol. The van der Waals surface area contributed by atoms with Crippen molar-refractivity contribution in [2.75, 3.05) is 11.5 Å². The van der Waals surface area contributed by atoms with E-state index in [2.05, 4.69) is 10.3 Å². The number of pyridine rings is 1. The molecule has 3 aliphatic rings. The summed E-state index contributed by atoms with van der Waals surface area (Å²) in [5.74, 6) is 0.959. The van der Waals surface area contributed by atoms with E-state index in [1.807, 2.05) is 6.92 Å². The summed E-state index contributed by atoms with van der Waals surface area (Å²) >= 11 is 0. The van der Waals surface area contributed by atoms with Gasteiger partial charge in [0.05, 0.1) is 23.0 Å². The first-order valence-electron chi connectivity index (χ1n) is 12.3. The summed E-state index contributed by atoms with van der Waals surface area (Å²) in [5.41, 5.74) is -1.73. The summed E-state index contributed by atoms with van der Waals surface area (Å²) in [7, 11) is 0. The van der Waals surface area contributed by atoms with Crippen LogP contribution in [0.3, 0.4) is 0 Å². The lowest BCUT2D eigenvalue weighted by molar-refractivity contribution is -0.137. The van der Waals surface area contributed by atoms with Gasteiger partial charge < -0.3 is 25.0 Å². The van der Waals surface area contributed by atoms with Crippen LogP contribution >= 0.6 is 0 Å². The summed E-state index contributed by atoms with van der Waals surface area (Å²) in [6, 6.07) is 5.86. The molecule has 8 nitrogen and oxygen atoms in total. The largest absolute Gasteiger partial charge is 0.490 e. The van der Waals surface area contributed by atoms with Crippen LogP contribution in [0.25, 0.3) is 0 Å². The Balaban J connectivity index is 1.26. The van der Waals surface area contributed by atoms with Crippen molar-refractivity contribution >= 4 is 11.9 Å². The molecule has 5 rings (SSSR count). The Kier molecular flexibility index (Phi) is 6.36. The molecule has 3 atom stereocenters. The molecule has 1 saturated carbocycles. The number of carbonyl (C=O) groups is 1. The number of aromatic nitrogens is 1. The van der Waals surface area contributed by atoms with E-state index in [0.717, 1.165) is 12.1 Å². The number of anilines is 1. The van der Waals surface area contributed by atoms with Crippen molar-refractivity contribution in [1.29, 1.82) is 0 Å². The van der Waals surface area contributed by atoms with Crippen molar-refractivity contribution in [2.45, 2.75) is 81.6 Å². The lowest BCUT2D eigenvalue weighted by atomic mass is 9.76. The minimum Gasteiger partial charge on any atom is -0.490 e. The predicted molar refractivity (Wildman–Crippen MR) is 127 cm³/mol. The topological polar surface area (TPSA) is 104 Å². The SMILES string of the molecule is CC1CC(O)(c2ccc(C(F)(F)F)cc2)CC(COc2cnc3c(c2)COC(=O)N3C2CC(C)(O)C2)N1. The number of benzene rings is 1. The number of cyclic esters (lactones) is 1. The lowest BCUT2D eigenvalue weighted by Crippen LogP contribution is -2.57. The number of fused-ring (bicyclic) bond motifs is 1. The molecule has 2 fully saturated rings. The normalized spacial score (nSPS) is 31.8. The lowest BCUT2D eigenvalue weighted by Gasteiger charge is -2.46. The highest BCUT2D eigenvalue weighted by Gasteiger charge is 2.46. The van der Waals surface area contributed by atoms with Crippen molar-refractivity contribution in [1.82, 2.24) is 10.3 Å². The van der Waals surface area contributed by atoms with Gasteiger partial charge in [0.1, 0.15) is 24.8 Å². The maximum Gasteiger partial charge on any atom is 0.416 e. The molecule has 3 N–H and O–H groups in total. The quantitative estimate of drug-likeness (QED) is 0.549. The molecule has 11 heteroatoms. The molecule has 2 aliphatic heterocycles. The molecule has 1 aliphatic carbocycles. The highest BCUT2D eigenvalue weighted by Crippen LogP contribution is 2.41. The molecule has 3 heterocycles. The number of piperidine rings is 1. The first-order valence-corrected chi connectivity index (χ1v) is 12.3. The van der Waals surface area contributed by atoms with E-state index in [4.69, 9.17) is 9.47 Å². The number of nitrogens with one attached hydrogen (secondary N) is 1. The Morgan fingerprint density at radius 1 is 1.19 bits per heavy atom. The highest BCUT2D eigenvalue weighted by molar-refractivity contribution is 5.90. The number of nitrogens with zero attached hydrogens (tertiary/aromatic N) is 2. The van der Waals surface area contributed by atoms with Crippen LogP contribution in [-0.2, 0) is 23.1 Å². The summed E-state index contributed by atoms with van der Waals surface area (Å²) in [5, 5.41) is 24.8. The second-order valence-electron chi connectivity index (χ2n) is 10.7. The molecular formula is C26H30F3N3O5. The number of ether oxygens (including phenoxy) is 2. The van der Waals surface area contributed by atoms with Gasteiger partial charge >= 0.3 is 12.3 Å². The van der Waals surface area contributed by atoms with Crippen molar-refractivity contribution in [3.05, 3.63) is 53.2 Å². The molecule has 0 spiro atoms. The van der Waals surface area contributed by atoms with Gasteiger partial charge in [-0.2, -0.15) is 13.2 Å².